The molecular formula is C9H15NO. The van der Waals surface area contributed by atoms with Crippen LogP contribution in [0.2, 0.25) is 0 Å². The van der Waals surface area contributed by atoms with Gasteiger partial charge in [0.2, 0.25) is 5.91 Å². The van der Waals surface area contributed by atoms with Gasteiger partial charge in [-0.2, -0.15) is 0 Å². The third-order valence-corrected chi connectivity index (χ3v) is 2.25. The molecule has 0 radical (unpaired) electrons. The average molecular weight is 153 g/mol. The van der Waals surface area contributed by atoms with Crippen molar-refractivity contribution in [3.8, 4) is 0 Å². The molecular weight excluding hydrogens is 138 g/mol. The Labute approximate surface area is 67.7 Å². The Morgan fingerprint density at radius 3 is 2.73 bits per heavy atom. The van der Waals surface area contributed by atoms with Crippen LogP contribution in [0.15, 0.2) is 12.2 Å². The summed E-state index contributed by atoms with van der Waals surface area (Å²) in [5.41, 5.74) is 0. The first-order valence-electron chi connectivity index (χ1n) is 4.26. The minimum Gasteiger partial charge on any atom is -0.349 e. The molecule has 1 N–H and O–H groups in total. The van der Waals surface area contributed by atoms with Gasteiger partial charge in [-0.15, -0.1) is 0 Å². The molecule has 0 spiro atoms. The smallest absolute Gasteiger partial charge is 0.243 e. The lowest BCUT2D eigenvalue weighted by Gasteiger charge is -2.26. The van der Waals surface area contributed by atoms with E-state index in [0.717, 1.165) is 12.8 Å². The maximum Gasteiger partial charge on any atom is 0.243 e. The van der Waals surface area contributed by atoms with Crippen LogP contribution in [0.5, 0.6) is 0 Å². The van der Waals surface area contributed by atoms with E-state index in [2.05, 4.69) is 19.2 Å². The fourth-order valence-corrected chi connectivity index (χ4v) is 1.51. The van der Waals surface area contributed by atoms with Gasteiger partial charge in [-0.3, -0.25) is 4.79 Å². The largest absolute Gasteiger partial charge is 0.349 e. The van der Waals surface area contributed by atoms with Gasteiger partial charge in [0.05, 0.1) is 0 Å². The molecule has 0 saturated heterocycles. The molecule has 0 aromatic carbocycles. The number of hydrogen-bond acceptors (Lipinski definition) is 1. The van der Waals surface area contributed by atoms with Crippen LogP contribution in [0, 0.1) is 5.92 Å². The number of nitrogens with one attached hydrogen (secondary N) is 1. The van der Waals surface area contributed by atoms with Crippen LogP contribution in [0.4, 0.5) is 0 Å². The fraction of sp³-hybridized carbons (Fsp3) is 0.667. The summed E-state index contributed by atoms with van der Waals surface area (Å²) in [6.07, 6.45) is 5.79. The summed E-state index contributed by atoms with van der Waals surface area (Å²) >= 11 is 0. The van der Waals surface area contributed by atoms with Gasteiger partial charge < -0.3 is 5.32 Å². The summed E-state index contributed by atoms with van der Waals surface area (Å²) in [5, 5.41) is 2.94. The van der Waals surface area contributed by atoms with E-state index in [1.54, 1.807) is 6.08 Å². The minimum atomic E-state index is 0.0570. The summed E-state index contributed by atoms with van der Waals surface area (Å²) in [6, 6.07) is 0.359. The molecule has 1 amide bonds. The van der Waals surface area contributed by atoms with Crippen molar-refractivity contribution >= 4 is 5.91 Å². The van der Waals surface area contributed by atoms with E-state index in [-0.39, 0.29) is 5.91 Å². The SMILES string of the molecule is CCC1C=CC(=O)NC1CC. The Morgan fingerprint density at radius 2 is 2.18 bits per heavy atom. The van der Waals surface area contributed by atoms with Gasteiger partial charge in [0.15, 0.2) is 0 Å². The number of carbonyl (C=O) groups is 1. The number of carbonyl (C=O) groups excluding carboxylic acids is 1. The molecule has 11 heavy (non-hydrogen) atoms. The van der Waals surface area contributed by atoms with Gasteiger partial charge in [-0.05, 0) is 24.8 Å². The second-order valence-corrected chi connectivity index (χ2v) is 2.95. The average Bonchev–Trinajstić information content (AvgIpc) is 2.04. The molecule has 0 fully saturated rings. The van der Waals surface area contributed by atoms with Gasteiger partial charge in [0.1, 0.15) is 0 Å². The Bertz CT molecular complexity index is 174. The molecule has 2 heteroatoms. The molecule has 0 aliphatic carbocycles. The van der Waals surface area contributed by atoms with Crippen molar-refractivity contribution < 1.29 is 4.79 Å². The molecule has 2 nitrogen and oxygen atoms in total. The number of rotatable bonds is 2. The normalized spacial score (nSPS) is 30.2. The van der Waals surface area contributed by atoms with Crippen molar-refractivity contribution in [2.45, 2.75) is 32.7 Å². The van der Waals surface area contributed by atoms with E-state index in [0.29, 0.717) is 12.0 Å². The molecule has 0 aromatic heterocycles. The number of hydrogen-bond donors (Lipinski definition) is 1. The summed E-state index contributed by atoms with van der Waals surface area (Å²) in [7, 11) is 0. The van der Waals surface area contributed by atoms with Crippen molar-refractivity contribution in [3.63, 3.8) is 0 Å². The fourth-order valence-electron chi connectivity index (χ4n) is 1.51. The minimum absolute atomic E-state index is 0.0570. The van der Waals surface area contributed by atoms with Crippen molar-refractivity contribution in [3.05, 3.63) is 12.2 Å². The second-order valence-electron chi connectivity index (χ2n) is 2.95. The predicted molar refractivity (Wildman–Crippen MR) is 45.1 cm³/mol. The second kappa shape index (κ2) is 3.56. The first-order valence-corrected chi connectivity index (χ1v) is 4.26. The molecule has 1 heterocycles. The third-order valence-electron chi connectivity index (χ3n) is 2.25. The standard InChI is InChI=1S/C9H15NO/c1-3-7-5-6-9(11)10-8(7)4-2/h5-8H,3-4H2,1-2H3,(H,10,11). The predicted octanol–water partition coefficient (Wildman–Crippen LogP) is 1.48. The quantitative estimate of drug-likeness (QED) is 0.639. The van der Waals surface area contributed by atoms with Crippen LogP contribution >= 0.6 is 0 Å². The van der Waals surface area contributed by atoms with Gasteiger partial charge in [0, 0.05) is 6.04 Å². The van der Waals surface area contributed by atoms with Gasteiger partial charge in [-0.25, -0.2) is 0 Å². The van der Waals surface area contributed by atoms with Crippen LogP contribution in [-0.4, -0.2) is 11.9 Å². The molecule has 0 saturated carbocycles. The third kappa shape index (κ3) is 1.82. The van der Waals surface area contributed by atoms with Crippen molar-refractivity contribution in [2.75, 3.05) is 0 Å². The van der Waals surface area contributed by atoms with E-state index in [1.807, 2.05) is 6.08 Å². The molecule has 2 atom stereocenters. The van der Waals surface area contributed by atoms with Crippen molar-refractivity contribution in [1.29, 1.82) is 0 Å². The van der Waals surface area contributed by atoms with Crippen LogP contribution < -0.4 is 5.32 Å². The highest BCUT2D eigenvalue weighted by Crippen LogP contribution is 2.16. The zero-order valence-electron chi connectivity index (χ0n) is 7.13. The summed E-state index contributed by atoms with van der Waals surface area (Å²) < 4.78 is 0. The van der Waals surface area contributed by atoms with Crippen LogP contribution in [0.25, 0.3) is 0 Å². The Hall–Kier alpha value is -0.790. The maximum absolute atomic E-state index is 10.9. The lowest BCUT2D eigenvalue weighted by Crippen LogP contribution is -2.41. The van der Waals surface area contributed by atoms with Gasteiger partial charge in [-0.1, -0.05) is 19.9 Å². The number of amides is 1. The van der Waals surface area contributed by atoms with Gasteiger partial charge in [0.25, 0.3) is 0 Å². The highest BCUT2D eigenvalue weighted by molar-refractivity contribution is 5.88. The Kier molecular flexibility index (Phi) is 2.69. The first-order chi connectivity index (χ1) is 5.27. The van der Waals surface area contributed by atoms with Gasteiger partial charge >= 0.3 is 0 Å². The Balaban J connectivity index is 2.63. The molecule has 1 aliphatic heterocycles. The summed E-state index contributed by atoms with van der Waals surface area (Å²) in [4.78, 5) is 10.9. The van der Waals surface area contributed by atoms with Crippen molar-refractivity contribution in [1.82, 2.24) is 5.32 Å². The highest BCUT2D eigenvalue weighted by Gasteiger charge is 2.20. The molecule has 62 valence electrons. The molecule has 0 bridgehead atoms. The van der Waals surface area contributed by atoms with E-state index in [1.165, 1.54) is 0 Å². The Morgan fingerprint density at radius 1 is 1.45 bits per heavy atom. The van der Waals surface area contributed by atoms with Crippen LogP contribution in [0.1, 0.15) is 26.7 Å². The summed E-state index contributed by atoms with van der Waals surface area (Å²) in [6.45, 7) is 4.25. The molecule has 0 aromatic rings. The van der Waals surface area contributed by atoms with Crippen LogP contribution in [-0.2, 0) is 4.79 Å². The molecule has 1 aliphatic rings. The zero-order chi connectivity index (χ0) is 8.27. The molecule has 2 unspecified atom stereocenters. The maximum atomic E-state index is 10.9. The topological polar surface area (TPSA) is 29.1 Å². The summed E-state index contributed by atoms with van der Waals surface area (Å²) in [5.74, 6) is 0.597. The first kappa shape index (κ1) is 8.31. The van der Waals surface area contributed by atoms with E-state index in [9.17, 15) is 4.79 Å². The zero-order valence-corrected chi connectivity index (χ0v) is 7.13. The van der Waals surface area contributed by atoms with Crippen molar-refractivity contribution in [2.24, 2.45) is 5.92 Å². The van der Waals surface area contributed by atoms with E-state index >= 15 is 0 Å². The highest BCUT2D eigenvalue weighted by atomic mass is 16.1. The lowest BCUT2D eigenvalue weighted by molar-refractivity contribution is -0.118. The monoisotopic (exact) mass is 153 g/mol. The van der Waals surface area contributed by atoms with E-state index < -0.39 is 0 Å². The van der Waals surface area contributed by atoms with Crippen LogP contribution in [0.3, 0.4) is 0 Å². The lowest BCUT2D eigenvalue weighted by atomic mass is 9.92. The molecule has 1 rings (SSSR count). The van der Waals surface area contributed by atoms with E-state index in [4.69, 9.17) is 0 Å².